The lowest BCUT2D eigenvalue weighted by Crippen LogP contribution is -2.23. The summed E-state index contributed by atoms with van der Waals surface area (Å²) in [7, 11) is -3.79. The average molecular weight is 282 g/mol. The molecule has 0 saturated heterocycles. The molecular formula is C10H10N4O4S. The zero-order valence-electron chi connectivity index (χ0n) is 9.61. The Kier molecular flexibility index (Phi) is 3.58. The van der Waals surface area contributed by atoms with Gasteiger partial charge in [0.15, 0.2) is 0 Å². The fourth-order valence-electron chi connectivity index (χ4n) is 1.40. The summed E-state index contributed by atoms with van der Waals surface area (Å²) in [5, 5.41) is 10.6. The number of aromatic nitrogens is 2. The molecule has 0 amide bonds. The molecule has 2 aromatic rings. The van der Waals surface area contributed by atoms with Crippen molar-refractivity contribution in [1.29, 1.82) is 0 Å². The molecule has 8 nitrogen and oxygen atoms in total. The van der Waals surface area contributed by atoms with E-state index in [0.29, 0.717) is 5.69 Å². The van der Waals surface area contributed by atoms with Gasteiger partial charge in [-0.05, 0) is 6.07 Å². The number of imidazole rings is 1. The Labute approximate surface area is 108 Å². The first-order valence-corrected chi connectivity index (χ1v) is 6.69. The van der Waals surface area contributed by atoms with Crippen molar-refractivity contribution in [1.82, 2.24) is 14.7 Å². The molecule has 1 heterocycles. The minimum Gasteiger partial charge on any atom is -0.347 e. The molecule has 2 rings (SSSR count). The Morgan fingerprint density at radius 2 is 2.21 bits per heavy atom. The number of nitrogens with zero attached hydrogens (tertiary/aromatic N) is 2. The van der Waals surface area contributed by atoms with E-state index < -0.39 is 14.9 Å². The van der Waals surface area contributed by atoms with Crippen molar-refractivity contribution >= 4 is 15.7 Å². The molecule has 1 aromatic carbocycles. The Bertz CT molecular complexity index is 681. The van der Waals surface area contributed by atoms with E-state index in [1.54, 1.807) is 0 Å². The van der Waals surface area contributed by atoms with Gasteiger partial charge < -0.3 is 4.98 Å². The SMILES string of the molecule is O=[N+]([O-])c1cccc(S(=O)(=O)NCc2cnc[nH]2)c1. The normalized spacial score (nSPS) is 11.4. The van der Waals surface area contributed by atoms with E-state index in [1.807, 2.05) is 0 Å². The summed E-state index contributed by atoms with van der Waals surface area (Å²) in [5.41, 5.74) is 0.318. The van der Waals surface area contributed by atoms with Gasteiger partial charge in [0, 0.05) is 24.0 Å². The van der Waals surface area contributed by atoms with Crippen LogP contribution in [-0.2, 0) is 16.6 Å². The van der Waals surface area contributed by atoms with Crippen LogP contribution in [0.2, 0.25) is 0 Å². The smallest absolute Gasteiger partial charge is 0.270 e. The quantitative estimate of drug-likeness (QED) is 0.621. The number of sulfonamides is 1. The molecule has 19 heavy (non-hydrogen) atoms. The van der Waals surface area contributed by atoms with Gasteiger partial charge in [0.25, 0.3) is 5.69 Å². The summed E-state index contributed by atoms with van der Waals surface area (Å²) in [6.07, 6.45) is 2.91. The van der Waals surface area contributed by atoms with Crippen molar-refractivity contribution in [2.24, 2.45) is 0 Å². The maximum atomic E-state index is 11.9. The predicted molar refractivity (Wildman–Crippen MR) is 65.7 cm³/mol. The first-order valence-electron chi connectivity index (χ1n) is 5.20. The van der Waals surface area contributed by atoms with Crippen LogP contribution in [0, 0.1) is 10.1 Å². The molecule has 100 valence electrons. The molecule has 0 saturated carbocycles. The zero-order valence-corrected chi connectivity index (χ0v) is 10.4. The summed E-state index contributed by atoms with van der Waals surface area (Å²) in [5.74, 6) is 0. The highest BCUT2D eigenvalue weighted by atomic mass is 32.2. The standard InChI is InChI=1S/C10H10N4O4S/c15-14(16)9-2-1-3-10(4-9)19(17,18)13-6-8-5-11-7-12-8/h1-5,7,13H,6H2,(H,11,12). The fraction of sp³-hybridized carbons (Fsp3) is 0.100. The Morgan fingerprint density at radius 1 is 1.42 bits per heavy atom. The summed E-state index contributed by atoms with van der Waals surface area (Å²) in [4.78, 5) is 16.3. The van der Waals surface area contributed by atoms with Crippen molar-refractivity contribution in [2.45, 2.75) is 11.4 Å². The second-order valence-electron chi connectivity index (χ2n) is 3.66. The Balaban J connectivity index is 2.19. The first-order chi connectivity index (χ1) is 8.99. The van der Waals surface area contributed by atoms with Crippen LogP contribution in [0.1, 0.15) is 5.69 Å². The third kappa shape index (κ3) is 3.14. The van der Waals surface area contributed by atoms with E-state index >= 15 is 0 Å². The highest BCUT2D eigenvalue weighted by Gasteiger charge is 2.17. The number of nitro groups is 1. The van der Waals surface area contributed by atoms with Gasteiger partial charge in [-0.15, -0.1) is 0 Å². The van der Waals surface area contributed by atoms with Crippen LogP contribution in [-0.4, -0.2) is 23.3 Å². The van der Waals surface area contributed by atoms with Crippen LogP contribution in [0.25, 0.3) is 0 Å². The number of aromatic amines is 1. The molecule has 0 aliphatic rings. The molecule has 0 aliphatic carbocycles. The first kappa shape index (κ1) is 13.2. The monoisotopic (exact) mass is 282 g/mol. The summed E-state index contributed by atoms with van der Waals surface area (Å²) < 4.78 is 26.2. The maximum Gasteiger partial charge on any atom is 0.270 e. The molecule has 9 heteroatoms. The average Bonchev–Trinajstić information content (AvgIpc) is 2.90. The van der Waals surface area contributed by atoms with Crippen LogP contribution < -0.4 is 4.72 Å². The largest absolute Gasteiger partial charge is 0.347 e. The van der Waals surface area contributed by atoms with Gasteiger partial charge in [-0.1, -0.05) is 6.07 Å². The summed E-state index contributed by atoms with van der Waals surface area (Å²) in [6.45, 7) is 0.0328. The Morgan fingerprint density at radius 3 is 2.84 bits per heavy atom. The van der Waals surface area contributed by atoms with Crippen LogP contribution in [0.5, 0.6) is 0 Å². The third-order valence-corrected chi connectivity index (χ3v) is 3.75. The highest BCUT2D eigenvalue weighted by Crippen LogP contribution is 2.17. The molecule has 2 N–H and O–H groups in total. The van der Waals surface area contributed by atoms with Crippen molar-refractivity contribution < 1.29 is 13.3 Å². The summed E-state index contributed by atoms with van der Waals surface area (Å²) >= 11 is 0. The lowest BCUT2D eigenvalue weighted by atomic mass is 10.3. The van der Waals surface area contributed by atoms with E-state index in [4.69, 9.17) is 0 Å². The minimum absolute atomic E-state index is 0.0328. The van der Waals surface area contributed by atoms with Gasteiger partial charge in [-0.2, -0.15) is 0 Å². The second-order valence-corrected chi connectivity index (χ2v) is 5.42. The van der Waals surface area contributed by atoms with E-state index in [0.717, 1.165) is 6.07 Å². The van der Waals surface area contributed by atoms with Crippen LogP contribution in [0.4, 0.5) is 5.69 Å². The number of nitro benzene ring substituents is 1. The van der Waals surface area contributed by atoms with E-state index in [2.05, 4.69) is 14.7 Å². The van der Waals surface area contributed by atoms with Crippen LogP contribution in [0.15, 0.2) is 41.7 Å². The number of rotatable bonds is 5. The number of hydrogen-bond acceptors (Lipinski definition) is 5. The van der Waals surface area contributed by atoms with Crippen molar-refractivity contribution in [3.8, 4) is 0 Å². The highest BCUT2D eigenvalue weighted by molar-refractivity contribution is 7.89. The van der Waals surface area contributed by atoms with Crippen molar-refractivity contribution in [2.75, 3.05) is 0 Å². The molecular weight excluding hydrogens is 272 g/mol. The summed E-state index contributed by atoms with van der Waals surface area (Å²) in [6, 6.07) is 4.86. The Hall–Kier alpha value is -2.26. The molecule has 0 fully saturated rings. The maximum absolute atomic E-state index is 11.9. The number of benzene rings is 1. The second kappa shape index (κ2) is 5.16. The van der Waals surface area contributed by atoms with Gasteiger partial charge >= 0.3 is 0 Å². The zero-order chi connectivity index (χ0) is 13.9. The number of hydrogen-bond donors (Lipinski definition) is 2. The predicted octanol–water partition coefficient (Wildman–Crippen LogP) is 0.796. The molecule has 0 atom stereocenters. The van der Waals surface area contributed by atoms with Gasteiger partial charge in [-0.3, -0.25) is 10.1 Å². The topological polar surface area (TPSA) is 118 Å². The van der Waals surface area contributed by atoms with Gasteiger partial charge in [0.1, 0.15) is 0 Å². The van der Waals surface area contributed by atoms with E-state index in [-0.39, 0.29) is 17.1 Å². The minimum atomic E-state index is -3.79. The fourth-order valence-corrected chi connectivity index (χ4v) is 2.45. The van der Waals surface area contributed by atoms with Crippen molar-refractivity contribution in [3.05, 3.63) is 52.6 Å². The van der Waals surface area contributed by atoms with E-state index in [9.17, 15) is 18.5 Å². The number of non-ortho nitro benzene ring substituents is 1. The number of nitrogens with one attached hydrogen (secondary N) is 2. The van der Waals surface area contributed by atoms with Gasteiger partial charge in [0.05, 0.1) is 22.7 Å². The van der Waals surface area contributed by atoms with Crippen LogP contribution >= 0.6 is 0 Å². The lowest BCUT2D eigenvalue weighted by Gasteiger charge is -2.05. The van der Waals surface area contributed by atoms with Gasteiger partial charge in [-0.25, -0.2) is 18.1 Å². The third-order valence-electron chi connectivity index (χ3n) is 2.35. The van der Waals surface area contributed by atoms with Crippen LogP contribution in [0.3, 0.4) is 0 Å². The molecule has 0 unspecified atom stereocenters. The molecule has 0 bridgehead atoms. The van der Waals surface area contributed by atoms with E-state index in [1.165, 1.54) is 30.7 Å². The molecule has 0 spiro atoms. The molecule has 1 aromatic heterocycles. The van der Waals surface area contributed by atoms with Gasteiger partial charge in [0.2, 0.25) is 10.0 Å². The lowest BCUT2D eigenvalue weighted by molar-refractivity contribution is -0.385. The van der Waals surface area contributed by atoms with Crippen molar-refractivity contribution in [3.63, 3.8) is 0 Å². The molecule has 0 aliphatic heterocycles. The number of H-pyrrole nitrogens is 1. The molecule has 0 radical (unpaired) electrons.